The fourth-order valence-corrected chi connectivity index (χ4v) is 1.05. The monoisotopic (exact) mass is 202 g/mol. The van der Waals surface area contributed by atoms with Gasteiger partial charge in [-0.25, -0.2) is 0 Å². The molecule has 0 saturated carbocycles. The molecule has 4 heteroatoms. The summed E-state index contributed by atoms with van der Waals surface area (Å²) in [6, 6.07) is 0.736. The summed E-state index contributed by atoms with van der Waals surface area (Å²) in [5.41, 5.74) is -0.318. The maximum atomic E-state index is 9.60. The Bertz CT molecular complexity index is 149. The number of carbonyl (C=O) groups excluding carboxylic acids is 1. The number of ether oxygens (including phenoxy) is 1. The molecule has 1 aliphatic rings. The van der Waals surface area contributed by atoms with Crippen LogP contribution in [-0.4, -0.2) is 38.3 Å². The summed E-state index contributed by atoms with van der Waals surface area (Å²) in [6.45, 7) is 8.26. The van der Waals surface area contributed by atoms with Gasteiger partial charge in [0, 0.05) is 12.6 Å². The van der Waals surface area contributed by atoms with E-state index in [1.54, 1.807) is 0 Å². The van der Waals surface area contributed by atoms with Crippen LogP contribution in [0.4, 0.5) is 0 Å². The van der Waals surface area contributed by atoms with Crippen LogP contribution in [-0.2, 0) is 9.53 Å². The highest BCUT2D eigenvalue weighted by Gasteiger charge is 2.09. The van der Waals surface area contributed by atoms with E-state index in [9.17, 15) is 4.79 Å². The summed E-state index contributed by atoms with van der Waals surface area (Å²) in [5.74, 6) is 0. The van der Waals surface area contributed by atoms with Crippen molar-refractivity contribution in [2.45, 2.75) is 38.8 Å². The molecule has 1 aliphatic heterocycles. The Kier molecular flexibility index (Phi) is 6.49. The predicted molar refractivity (Wildman–Crippen MR) is 57.2 cm³/mol. The van der Waals surface area contributed by atoms with Gasteiger partial charge in [0.1, 0.15) is 5.60 Å². The van der Waals surface area contributed by atoms with Crippen molar-refractivity contribution in [1.29, 1.82) is 0 Å². The van der Waals surface area contributed by atoms with Crippen molar-refractivity contribution in [2.75, 3.05) is 20.1 Å². The van der Waals surface area contributed by atoms with Crippen LogP contribution < -0.4 is 10.6 Å². The average molecular weight is 202 g/mol. The molecule has 0 aliphatic carbocycles. The molecular formula is C10H22N2O2. The lowest BCUT2D eigenvalue weighted by Crippen LogP contribution is -2.26. The third-order valence-electron chi connectivity index (χ3n) is 1.87. The standard InChI is InChI=1S/C5H12N2.C5H10O2/c1-6-5-2-3-7-4-5;1-5(2,3)7-4-6/h5-7H,2-4H2,1H3;4H,1-3H3. The number of carbonyl (C=O) groups is 1. The Labute approximate surface area is 86.4 Å². The molecular weight excluding hydrogens is 180 g/mol. The largest absolute Gasteiger partial charge is 0.462 e. The van der Waals surface area contributed by atoms with Gasteiger partial charge in [-0.2, -0.15) is 0 Å². The van der Waals surface area contributed by atoms with Crippen molar-refractivity contribution >= 4 is 6.47 Å². The zero-order chi connectivity index (χ0) is 11.0. The molecule has 0 amide bonds. The number of hydrogen-bond acceptors (Lipinski definition) is 4. The minimum absolute atomic E-state index is 0.318. The molecule has 1 unspecified atom stereocenters. The van der Waals surface area contributed by atoms with E-state index in [0.717, 1.165) is 12.6 Å². The molecule has 14 heavy (non-hydrogen) atoms. The zero-order valence-electron chi connectivity index (χ0n) is 9.59. The molecule has 1 saturated heterocycles. The van der Waals surface area contributed by atoms with E-state index in [4.69, 9.17) is 0 Å². The van der Waals surface area contributed by atoms with Gasteiger partial charge in [-0.05, 0) is 40.8 Å². The first kappa shape index (κ1) is 13.4. The fraction of sp³-hybridized carbons (Fsp3) is 0.900. The van der Waals surface area contributed by atoms with Gasteiger partial charge in [0.05, 0.1) is 0 Å². The van der Waals surface area contributed by atoms with Crippen LogP contribution in [0.5, 0.6) is 0 Å². The van der Waals surface area contributed by atoms with Crippen molar-refractivity contribution in [2.24, 2.45) is 0 Å². The molecule has 0 radical (unpaired) electrons. The number of nitrogens with one attached hydrogen (secondary N) is 2. The molecule has 1 fully saturated rings. The SMILES string of the molecule is CC(C)(C)OC=O.CNC1CCNC1. The molecule has 0 aromatic rings. The van der Waals surface area contributed by atoms with Crippen LogP contribution in [0.3, 0.4) is 0 Å². The van der Waals surface area contributed by atoms with E-state index in [-0.39, 0.29) is 5.60 Å². The Hall–Kier alpha value is -0.610. The number of hydrogen-bond donors (Lipinski definition) is 2. The molecule has 2 N–H and O–H groups in total. The Morgan fingerprint density at radius 2 is 2.14 bits per heavy atom. The second kappa shape index (κ2) is 6.79. The third-order valence-corrected chi connectivity index (χ3v) is 1.87. The summed E-state index contributed by atoms with van der Waals surface area (Å²) < 4.78 is 4.55. The normalized spacial score (nSPS) is 21.0. The third kappa shape index (κ3) is 8.01. The summed E-state index contributed by atoms with van der Waals surface area (Å²) >= 11 is 0. The molecule has 0 spiro atoms. The van der Waals surface area contributed by atoms with Crippen LogP contribution in [0.15, 0.2) is 0 Å². The van der Waals surface area contributed by atoms with Crippen molar-refractivity contribution in [3.63, 3.8) is 0 Å². The predicted octanol–water partition coefficient (Wildman–Crippen LogP) is 0.526. The first-order valence-corrected chi connectivity index (χ1v) is 4.99. The van der Waals surface area contributed by atoms with Gasteiger partial charge in [0.25, 0.3) is 6.47 Å². The number of rotatable bonds is 2. The lowest BCUT2D eigenvalue weighted by atomic mass is 10.2. The minimum atomic E-state index is -0.318. The van der Waals surface area contributed by atoms with Crippen molar-refractivity contribution in [1.82, 2.24) is 10.6 Å². The molecule has 4 nitrogen and oxygen atoms in total. The van der Waals surface area contributed by atoms with Gasteiger partial charge < -0.3 is 15.4 Å². The summed E-state index contributed by atoms with van der Waals surface area (Å²) in [6.07, 6.45) is 1.29. The van der Waals surface area contributed by atoms with Gasteiger partial charge in [0.2, 0.25) is 0 Å². The zero-order valence-corrected chi connectivity index (χ0v) is 9.59. The Morgan fingerprint density at radius 3 is 2.29 bits per heavy atom. The molecule has 1 rings (SSSR count). The molecule has 0 aromatic heterocycles. The highest BCUT2D eigenvalue weighted by molar-refractivity contribution is 5.37. The second-order valence-electron chi connectivity index (χ2n) is 4.30. The second-order valence-corrected chi connectivity index (χ2v) is 4.30. The quantitative estimate of drug-likeness (QED) is 0.641. The first-order chi connectivity index (χ1) is 6.49. The average Bonchev–Trinajstić information content (AvgIpc) is 2.54. The van der Waals surface area contributed by atoms with Gasteiger partial charge in [0.15, 0.2) is 0 Å². The first-order valence-electron chi connectivity index (χ1n) is 4.99. The molecule has 0 aromatic carbocycles. The van der Waals surface area contributed by atoms with Gasteiger partial charge in [-0.1, -0.05) is 0 Å². The smallest absolute Gasteiger partial charge is 0.293 e. The van der Waals surface area contributed by atoms with Crippen LogP contribution in [0.25, 0.3) is 0 Å². The fourth-order valence-electron chi connectivity index (χ4n) is 1.05. The van der Waals surface area contributed by atoms with Crippen LogP contribution >= 0.6 is 0 Å². The highest BCUT2D eigenvalue weighted by atomic mass is 16.5. The maximum Gasteiger partial charge on any atom is 0.293 e. The van der Waals surface area contributed by atoms with E-state index in [1.807, 2.05) is 27.8 Å². The van der Waals surface area contributed by atoms with Gasteiger partial charge >= 0.3 is 0 Å². The van der Waals surface area contributed by atoms with Crippen molar-refractivity contribution in [3.8, 4) is 0 Å². The van der Waals surface area contributed by atoms with E-state index < -0.39 is 0 Å². The topological polar surface area (TPSA) is 50.4 Å². The lowest BCUT2D eigenvalue weighted by Gasteiger charge is -2.14. The van der Waals surface area contributed by atoms with E-state index in [1.165, 1.54) is 13.0 Å². The summed E-state index contributed by atoms with van der Waals surface area (Å²) in [7, 11) is 2.01. The molecule has 84 valence electrons. The number of likely N-dealkylation sites (N-methyl/N-ethyl adjacent to an activating group) is 1. The summed E-state index contributed by atoms with van der Waals surface area (Å²) in [4.78, 5) is 9.60. The Balaban J connectivity index is 0.000000241. The van der Waals surface area contributed by atoms with E-state index >= 15 is 0 Å². The van der Waals surface area contributed by atoms with Gasteiger partial charge in [-0.15, -0.1) is 0 Å². The van der Waals surface area contributed by atoms with E-state index in [2.05, 4.69) is 15.4 Å². The van der Waals surface area contributed by atoms with Crippen molar-refractivity contribution < 1.29 is 9.53 Å². The van der Waals surface area contributed by atoms with Crippen molar-refractivity contribution in [3.05, 3.63) is 0 Å². The van der Waals surface area contributed by atoms with Gasteiger partial charge in [-0.3, -0.25) is 4.79 Å². The molecule has 0 bridgehead atoms. The Morgan fingerprint density at radius 1 is 1.50 bits per heavy atom. The molecule has 1 atom stereocenters. The molecule has 1 heterocycles. The van der Waals surface area contributed by atoms with Crippen LogP contribution in [0.1, 0.15) is 27.2 Å². The highest BCUT2D eigenvalue weighted by Crippen LogP contribution is 2.02. The minimum Gasteiger partial charge on any atom is -0.462 e. The lowest BCUT2D eigenvalue weighted by molar-refractivity contribution is -0.138. The van der Waals surface area contributed by atoms with E-state index in [0.29, 0.717) is 6.47 Å². The maximum absolute atomic E-state index is 9.60. The van der Waals surface area contributed by atoms with Crippen LogP contribution in [0.2, 0.25) is 0 Å². The van der Waals surface area contributed by atoms with Crippen LogP contribution in [0, 0.1) is 0 Å². The summed E-state index contributed by atoms with van der Waals surface area (Å²) in [5, 5.41) is 6.46.